The van der Waals surface area contributed by atoms with E-state index >= 15 is 0 Å². The molecular formula is C18H30O17. The minimum atomic E-state index is -2.17. The first-order valence-electron chi connectivity index (χ1n) is 10.6. The maximum absolute atomic E-state index is 11.8. The van der Waals surface area contributed by atoms with Gasteiger partial charge in [0, 0.05) is 0 Å². The molecular weight excluding hydrogens is 488 g/mol. The molecule has 0 aromatic heterocycles. The molecule has 35 heavy (non-hydrogen) atoms. The molecule has 3 fully saturated rings. The average molecular weight is 518 g/mol. The minimum absolute atomic E-state index is 0.827. The van der Waals surface area contributed by atoms with Gasteiger partial charge in [-0.2, -0.15) is 0 Å². The zero-order chi connectivity index (χ0) is 26.2. The molecule has 0 spiro atoms. The highest BCUT2D eigenvalue weighted by molar-refractivity contribution is 5.73. The maximum Gasteiger partial charge on any atom is 0.335 e. The van der Waals surface area contributed by atoms with E-state index in [-0.39, 0.29) is 0 Å². The monoisotopic (exact) mass is 518 g/mol. The summed E-state index contributed by atoms with van der Waals surface area (Å²) >= 11 is 0. The van der Waals surface area contributed by atoms with Crippen LogP contribution in [0.2, 0.25) is 0 Å². The van der Waals surface area contributed by atoms with Gasteiger partial charge in [0.25, 0.3) is 0 Å². The van der Waals surface area contributed by atoms with Gasteiger partial charge in [-0.25, -0.2) is 4.79 Å². The lowest BCUT2D eigenvalue weighted by Gasteiger charge is -2.47. The fourth-order valence-corrected chi connectivity index (χ4v) is 4.01. The topological polar surface area (TPSA) is 286 Å². The first-order valence-corrected chi connectivity index (χ1v) is 10.6. The van der Waals surface area contributed by atoms with Gasteiger partial charge in [0.15, 0.2) is 25.0 Å². The molecule has 0 saturated carbocycles. The van der Waals surface area contributed by atoms with E-state index in [1.807, 2.05) is 0 Å². The third kappa shape index (κ3) is 5.59. The molecule has 3 saturated heterocycles. The number of aliphatic hydroxyl groups is 10. The van der Waals surface area contributed by atoms with Gasteiger partial charge < -0.3 is 79.9 Å². The van der Waals surface area contributed by atoms with Gasteiger partial charge in [-0.15, -0.1) is 0 Å². The van der Waals surface area contributed by atoms with Crippen LogP contribution in [0.5, 0.6) is 0 Å². The largest absolute Gasteiger partial charge is 0.479 e. The van der Waals surface area contributed by atoms with Crippen LogP contribution in [0, 0.1) is 0 Å². The molecule has 0 aromatic carbocycles. The average Bonchev–Trinajstić information content (AvgIpc) is 2.83. The van der Waals surface area contributed by atoms with Gasteiger partial charge in [-0.05, 0) is 0 Å². The van der Waals surface area contributed by atoms with E-state index in [1.54, 1.807) is 0 Å². The van der Waals surface area contributed by atoms with Crippen molar-refractivity contribution >= 4 is 5.97 Å². The number of aliphatic hydroxyl groups excluding tert-OH is 10. The third-order valence-electron chi connectivity index (χ3n) is 6.06. The SMILES string of the molecule is O=C(O)[C@H]1OC(O)[C@H](O)[C@@H](O[C@@H]2O[C@H](CO)[C@H](O)[C@H](O)[C@H]2O)[C@@H]1O[C@@H]1O[C@H](CO)[C@@H](O)[C@H](O)[C@H]1O. The van der Waals surface area contributed by atoms with Crippen molar-refractivity contribution in [1.82, 2.24) is 0 Å². The van der Waals surface area contributed by atoms with Crippen molar-refractivity contribution in [2.45, 2.75) is 92.1 Å². The Balaban J connectivity index is 1.88. The van der Waals surface area contributed by atoms with Gasteiger partial charge >= 0.3 is 5.97 Å². The van der Waals surface area contributed by atoms with Crippen LogP contribution in [0.15, 0.2) is 0 Å². The zero-order valence-corrected chi connectivity index (χ0v) is 17.9. The van der Waals surface area contributed by atoms with Crippen molar-refractivity contribution in [2.24, 2.45) is 0 Å². The Morgan fingerprint density at radius 2 is 1.03 bits per heavy atom. The first kappa shape index (κ1) is 28.4. The Labute approximate surface area is 196 Å². The molecule has 0 aromatic rings. The van der Waals surface area contributed by atoms with E-state index in [2.05, 4.69) is 0 Å². The fraction of sp³-hybridized carbons (Fsp3) is 0.944. The second-order valence-electron chi connectivity index (χ2n) is 8.37. The van der Waals surface area contributed by atoms with Crippen LogP contribution in [0.25, 0.3) is 0 Å². The smallest absolute Gasteiger partial charge is 0.335 e. The van der Waals surface area contributed by atoms with Crippen molar-refractivity contribution in [1.29, 1.82) is 0 Å². The molecule has 11 N–H and O–H groups in total. The van der Waals surface area contributed by atoms with Crippen molar-refractivity contribution in [3.63, 3.8) is 0 Å². The second-order valence-corrected chi connectivity index (χ2v) is 8.37. The Hall–Kier alpha value is -1.13. The third-order valence-corrected chi connectivity index (χ3v) is 6.06. The van der Waals surface area contributed by atoms with Crippen LogP contribution >= 0.6 is 0 Å². The van der Waals surface area contributed by atoms with Gasteiger partial charge in [-0.3, -0.25) is 0 Å². The van der Waals surface area contributed by atoms with E-state index in [1.165, 1.54) is 0 Å². The molecule has 17 heteroatoms. The molecule has 0 radical (unpaired) electrons. The van der Waals surface area contributed by atoms with Gasteiger partial charge in [0.2, 0.25) is 0 Å². The highest BCUT2D eigenvalue weighted by atomic mass is 16.8. The number of hydrogen-bond acceptors (Lipinski definition) is 16. The van der Waals surface area contributed by atoms with Crippen LogP contribution < -0.4 is 0 Å². The van der Waals surface area contributed by atoms with E-state index in [0.717, 1.165) is 0 Å². The number of aliphatic carboxylic acids is 1. The normalized spacial score (nSPS) is 51.2. The lowest BCUT2D eigenvalue weighted by atomic mass is 9.95. The van der Waals surface area contributed by atoms with Crippen molar-refractivity contribution < 1.29 is 84.7 Å². The maximum atomic E-state index is 11.8. The molecule has 3 rings (SSSR count). The fourth-order valence-electron chi connectivity index (χ4n) is 4.01. The van der Waals surface area contributed by atoms with Crippen molar-refractivity contribution in [3.05, 3.63) is 0 Å². The lowest BCUT2D eigenvalue weighted by Crippen LogP contribution is -2.67. The standard InChI is InChI=1S/C18H30O17/c19-1-3-5(21)7(23)9(25)17(31-3)34-12-11(27)16(30)33-14(15(28)29)13(12)35-18-10(26)8(24)6(22)4(2-20)32-18/h3-14,16-27,30H,1-2H2,(H,28,29)/t3-,4-,5+,6-,7+,8+,9-,10-,11-,12-,13+,14+,16?,17+,18+/m1/s1. The molecule has 3 heterocycles. The summed E-state index contributed by atoms with van der Waals surface area (Å²) in [6.45, 7) is -1.66. The number of carboxylic acid groups (broad SMARTS) is 1. The molecule has 1 unspecified atom stereocenters. The van der Waals surface area contributed by atoms with E-state index in [4.69, 9.17) is 23.7 Å². The molecule has 3 aliphatic rings. The molecule has 204 valence electrons. The van der Waals surface area contributed by atoms with Gasteiger partial charge in [-0.1, -0.05) is 0 Å². The van der Waals surface area contributed by atoms with Crippen LogP contribution in [0.4, 0.5) is 0 Å². The molecule has 0 amide bonds. The Kier molecular flexibility index (Phi) is 9.35. The number of rotatable bonds is 7. The Morgan fingerprint density at radius 1 is 0.600 bits per heavy atom. The van der Waals surface area contributed by atoms with Crippen molar-refractivity contribution in [3.8, 4) is 0 Å². The summed E-state index contributed by atoms with van der Waals surface area (Å²) in [5, 5.41) is 109. The number of ether oxygens (including phenoxy) is 5. The van der Waals surface area contributed by atoms with E-state index in [0.29, 0.717) is 0 Å². The lowest BCUT2D eigenvalue weighted by molar-refractivity contribution is -0.379. The Morgan fingerprint density at radius 3 is 1.43 bits per heavy atom. The first-order chi connectivity index (χ1) is 16.4. The summed E-state index contributed by atoms with van der Waals surface area (Å²) in [5.41, 5.74) is 0. The number of hydrogen-bond donors (Lipinski definition) is 11. The summed E-state index contributed by atoms with van der Waals surface area (Å²) < 4.78 is 26.1. The van der Waals surface area contributed by atoms with Gasteiger partial charge in [0.1, 0.15) is 67.1 Å². The Bertz CT molecular complexity index is 707. The molecule has 3 aliphatic heterocycles. The van der Waals surface area contributed by atoms with Crippen LogP contribution in [0.3, 0.4) is 0 Å². The summed E-state index contributed by atoms with van der Waals surface area (Å²) in [6, 6.07) is 0. The highest BCUT2D eigenvalue weighted by Crippen LogP contribution is 2.33. The minimum Gasteiger partial charge on any atom is -0.479 e. The van der Waals surface area contributed by atoms with Gasteiger partial charge in [0.05, 0.1) is 13.2 Å². The molecule has 17 nitrogen and oxygen atoms in total. The van der Waals surface area contributed by atoms with E-state index in [9.17, 15) is 61.0 Å². The molecule has 15 atom stereocenters. The summed E-state index contributed by atoms with van der Waals surface area (Å²) in [4.78, 5) is 11.8. The second kappa shape index (κ2) is 11.5. The quantitative estimate of drug-likeness (QED) is 0.149. The summed E-state index contributed by atoms with van der Waals surface area (Å²) in [6.07, 6.45) is -28.2. The van der Waals surface area contributed by atoms with Crippen LogP contribution in [0.1, 0.15) is 0 Å². The van der Waals surface area contributed by atoms with Crippen molar-refractivity contribution in [2.75, 3.05) is 13.2 Å². The number of carboxylic acids is 1. The predicted octanol–water partition coefficient (Wildman–Crippen LogP) is -7.48. The zero-order valence-electron chi connectivity index (χ0n) is 17.9. The summed E-state index contributed by atoms with van der Waals surface area (Å²) in [7, 11) is 0. The van der Waals surface area contributed by atoms with Crippen LogP contribution in [-0.4, -0.2) is 167 Å². The summed E-state index contributed by atoms with van der Waals surface area (Å²) in [5.74, 6) is -1.74. The highest BCUT2D eigenvalue weighted by Gasteiger charge is 2.55. The predicted molar refractivity (Wildman–Crippen MR) is 102 cm³/mol. The molecule has 0 bridgehead atoms. The number of carbonyl (C=O) groups is 1. The molecule has 0 aliphatic carbocycles. The van der Waals surface area contributed by atoms with E-state index < -0.39 is 111 Å². The van der Waals surface area contributed by atoms with Crippen LogP contribution in [-0.2, 0) is 28.5 Å².